The molecule has 0 heterocycles. The van der Waals surface area contributed by atoms with Crippen LogP contribution < -0.4 is 0 Å². The third kappa shape index (κ3) is 2.81. The van der Waals surface area contributed by atoms with Crippen molar-refractivity contribution in [2.24, 2.45) is 39.9 Å². The summed E-state index contributed by atoms with van der Waals surface area (Å²) in [6.07, 6.45) is 13.3. The number of carbonyl (C=O) groups is 1. The number of rotatable bonds is 2. The molecule has 0 aromatic carbocycles. The minimum atomic E-state index is -0.415. The molecular formula is C25H42BO2. The summed E-state index contributed by atoms with van der Waals surface area (Å²) in [5, 5.41) is 10.7. The summed E-state index contributed by atoms with van der Waals surface area (Å²) >= 11 is 0. The summed E-state index contributed by atoms with van der Waals surface area (Å²) in [5.41, 5.74) is 0.940. The lowest BCUT2D eigenvalue weighted by atomic mass is 9.48. The summed E-state index contributed by atoms with van der Waals surface area (Å²) < 4.78 is 0. The molecule has 5 aliphatic rings. The van der Waals surface area contributed by atoms with Crippen LogP contribution in [0.3, 0.4) is 0 Å². The van der Waals surface area contributed by atoms with Gasteiger partial charge in [-0.1, -0.05) is 27.7 Å². The van der Waals surface area contributed by atoms with E-state index in [-0.39, 0.29) is 8.41 Å². The number of carbonyl (C=O) groups excluding carboxylic acids is 1. The first-order valence-corrected chi connectivity index (χ1v) is 12.0. The van der Waals surface area contributed by atoms with Crippen molar-refractivity contribution in [3.63, 3.8) is 0 Å². The molecule has 0 aromatic rings. The lowest BCUT2D eigenvalue weighted by Crippen LogP contribution is -2.51. The van der Waals surface area contributed by atoms with E-state index in [1.807, 2.05) is 13.8 Å². The van der Waals surface area contributed by atoms with Gasteiger partial charge in [0.05, 0.1) is 5.60 Å². The van der Waals surface area contributed by atoms with Crippen LogP contribution in [-0.4, -0.2) is 24.9 Å². The van der Waals surface area contributed by atoms with Gasteiger partial charge in [0.15, 0.2) is 0 Å². The molecule has 3 unspecified atom stereocenters. The highest BCUT2D eigenvalue weighted by molar-refractivity contribution is 5.82. The molecule has 0 aromatic heterocycles. The maximum absolute atomic E-state index is 12.6. The van der Waals surface area contributed by atoms with Gasteiger partial charge in [-0.3, -0.25) is 4.79 Å². The second-order valence-corrected chi connectivity index (χ2v) is 11.2. The van der Waals surface area contributed by atoms with Crippen LogP contribution in [0.15, 0.2) is 0 Å². The molecule has 5 aliphatic carbocycles. The van der Waals surface area contributed by atoms with E-state index >= 15 is 0 Å². The molecule has 0 amide bonds. The van der Waals surface area contributed by atoms with Gasteiger partial charge in [0.1, 0.15) is 5.78 Å². The van der Waals surface area contributed by atoms with Crippen LogP contribution in [-0.2, 0) is 4.79 Å². The predicted octanol–water partition coefficient (Wildman–Crippen LogP) is 5.77. The Balaban J connectivity index is 0.000000728. The fourth-order valence-electron chi connectivity index (χ4n) is 9.19. The molecule has 3 heteroatoms. The van der Waals surface area contributed by atoms with Gasteiger partial charge >= 0.3 is 0 Å². The average Bonchev–Trinajstić information content (AvgIpc) is 3.19. The van der Waals surface area contributed by atoms with Crippen LogP contribution in [0.25, 0.3) is 0 Å². The van der Waals surface area contributed by atoms with Crippen molar-refractivity contribution in [3.05, 3.63) is 0 Å². The van der Waals surface area contributed by atoms with Crippen molar-refractivity contribution in [1.82, 2.24) is 0 Å². The Hall–Kier alpha value is -0.305. The number of hydrogen-bond donors (Lipinski definition) is 1. The van der Waals surface area contributed by atoms with E-state index in [0.717, 1.165) is 43.4 Å². The van der Waals surface area contributed by atoms with Crippen LogP contribution in [0.1, 0.15) is 105 Å². The van der Waals surface area contributed by atoms with E-state index in [4.69, 9.17) is 0 Å². The molecule has 2 nitrogen and oxygen atoms in total. The first kappa shape index (κ1) is 22.4. The van der Waals surface area contributed by atoms with Gasteiger partial charge in [0.2, 0.25) is 0 Å². The smallest absolute Gasteiger partial charge is 0.136 e. The van der Waals surface area contributed by atoms with Crippen LogP contribution in [0.2, 0.25) is 0 Å². The summed E-state index contributed by atoms with van der Waals surface area (Å²) in [7, 11) is 0. The predicted molar refractivity (Wildman–Crippen MR) is 116 cm³/mol. The largest absolute Gasteiger partial charge is 0.390 e. The van der Waals surface area contributed by atoms with E-state index < -0.39 is 5.60 Å². The first-order valence-electron chi connectivity index (χ1n) is 12.0. The molecular weight excluding hydrogens is 343 g/mol. The second-order valence-electron chi connectivity index (χ2n) is 11.2. The fourth-order valence-corrected chi connectivity index (χ4v) is 9.19. The minimum absolute atomic E-state index is 0. The highest BCUT2D eigenvalue weighted by Gasteiger charge is 2.76. The van der Waals surface area contributed by atoms with Gasteiger partial charge in [-0.25, -0.2) is 0 Å². The topological polar surface area (TPSA) is 37.3 Å². The molecule has 3 radical (unpaired) electrons. The van der Waals surface area contributed by atoms with Gasteiger partial charge < -0.3 is 5.11 Å². The molecule has 0 bridgehead atoms. The highest BCUT2D eigenvalue weighted by atomic mass is 16.3. The highest BCUT2D eigenvalue weighted by Crippen LogP contribution is 2.83. The molecule has 1 N–H and O–H groups in total. The zero-order valence-corrected chi connectivity index (χ0v) is 19.0. The van der Waals surface area contributed by atoms with Gasteiger partial charge in [-0.2, -0.15) is 0 Å². The molecule has 0 spiro atoms. The summed E-state index contributed by atoms with van der Waals surface area (Å²) in [5.74, 6) is 3.44. The monoisotopic (exact) mass is 385 g/mol. The Morgan fingerprint density at radius 1 is 0.929 bits per heavy atom. The third-order valence-electron chi connectivity index (χ3n) is 10.3. The normalized spacial score (nSPS) is 53.2. The van der Waals surface area contributed by atoms with E-state index in [1.165, 1.54) is 44.9 Å². The van der Waals surface area contributed by atoms with Gasteiger partial charge in [-0.05, 0) is 105 Å². The number of Topliss-reactive ketones (excluding diaryl/α,β-unsaturated/α-hetero) is 1. The summed E-state index contributed by atoms with van der Waals surface area (Å²) in [6.45, 7) is 10.6. The Kier molecular flexibility index (Phi) is 5.70. The molecule has 5 saturated carbocycles. The van der Waals surface area contributed by atoms with Crippen LogP contribution in [0.5, 0.6) is 0 Å². The summed E-state index contributed by atoms with van der Waals surface area (Å²) in [4.78, 5) is 12.6. The third-order valence-corrected chi connectivity index (χ3v) is 10.3. The first-order chi connectivity index (χ1) is 12.8. The van der Waals surface area contributed by atoms with Gasteiger partial charge in [0.25, 0.3) is 0 Å². The van der Waals surface area contributed by atoms with E-state index in [9.17, 15) is 9.90 Å². The van der Waals surface area contributed by atoms with Crippen molar-refractivity contribution >= 4 is 14.2 Å². The second kappa shape index (κ2) is 7.14. The van der Waals surface area contributed by atoms with Crippen LogP contribution in [0.4, 0.5) is 0 Å². The lowest BCUT2D eigenvalue weighted by Gasteiger charge is -2.56. The van der Waals surface area contributed by atoms with Crippen molar-refractivity contribution in [1.29, 1.82) is 0 Å². The summed E-state index contributed by atoms with van der Waals surface area (Å²) in [6, 6.07) is 0. The molecule has 0 saturated heterocycles. The maximum Gasteiger partial charge on any atom is 0.136 e. The molecule has 0 aliphatic heterocycles. The maximum atomic E-state index is 12.6. The Labute approximate surface area is 175 Å². The fraction of sp³-hybridized carbons (Fsp3) is 0.960. The Morgan fingerprint density at radius 2 is 1.64 bits per heavy atom. The molecule has 5 rings (SSSR count). The zero-order chi connectivity index (χ0) is 19.7. The van der Waals surface area contributed by atoms with E-state index in [2.05, 4.69) is 20.8 Å². The Bertz CT molecular complexity index is 616. The number of hydrogen-bond acceptors (Lipinski definition) is 2. The standard InChI is InChI=1S/C23H36O2.C2H6.B/c1-4-19(24)18-6-5-16-15-7-10-22-13-20(2,25)11-12-23(22,14-22)17(15)8-9-21(16,18)3;1-2;/h15-18,25H,4-14H2,1-3H3;1-2H3;/t15-,16-,17-,18?,20+,21-,22?,23?;;/m0../s1. The minimum Gasteiger partial charge on any atom is -0.390 e. The van der Waals surface area contributed by atoms with E-state index in [1.54, 1.807) is 0 Å². The average molecular weight is 385 g/mol. The lowest BCUT2D eigenvalue weighted by molar-refractivity contribution is -0.132. The molecule has 157 valence electrons. The van der Waals surface area contributed by atoms with Crippen molar-refractivity contribution < 1.29 is 9.90 Å². The van der Waals surface area contributed by atoms with Gasteiger partial charge in [-0.15, -0.1) is 0 Å². The number of aliphatic hydroxyl groups is 1. The van der Waals surface area contributed by atoms with Crippen molar-refractivity contribution in [3.8, 4) is 0 Å². The molecule has 28 heavy (non-hydrogen) atoms. The van der Waals surface area contributed by atoms with Crippen LogP contribution >= 0.6 is 0 Å². The number of fused-ring (bicyclic) bond motifs is 3. The SMILES string of the molecule is CC.CCC(=O)C1CC[C@H]2[C@@H]3CCC45CC4(CC[C@@](C)(O)C5)[C@H]3CC[C@]12C.[B]. The van der Waals surface area contributed by atoms with Crippen molar-refractivity contribution in [2.75, 3.05) is 0 Å². The Morgan fingerprint density at radius 3 is 2.32 bits per heavy atom. The van der Waals surface area contributed by atoms with Gasteiger partial charge in [0, 0.05) is 20.8 Å². The van der Waals surface area contributed by atoms with E-state index in [0.29, 0.717) is 27.9 Å². The van der Waals surface area contributed by atoms with Crippen molar-refractivity contribution in [2.45, 2.75) is 111 Å². The zero-order valence-electron chi connectivity index (χ0n) is 19.0. The molecule has 8 atom stereocenters. The van der Waals surface area contributed by atoms with Crippen LogP contribution in [0, 0.1) is 39.9 Å². The molecule has 5 fully saturated rings. The number of ketones is 1. The quantitative estimate of drug-likeness (QED) is 0.612.